The van der Waals surface area contributed by atoms with Crippen molar-refractivity contribution in [2.75, 3.05) is 10.6 Å². The Balaban J connectivity index is 1.51. The monoisotopic (exact) mass is 576 g/mol. The van der Waals surface area contributed by atoms with Crippen LogP contribution in [0.15, 0.2) is 93.9 Å². The van der Waals surface area contributed by atoms with Gasteiger partial charge in [0.2, 0.25) is 0 Å². The van der Waals surface area contributed by atoms with E-state index in [9.17, 15) is 9.59 Å². The van der Waals surface area contributed by atoms with Gasteiger partial charge in [-0.1, -0.05) is 36.4 Å². The Morgan fingerprint density at radius 1 is 0.588 bits per heavy atom. The zero-order valence-electron chi connectivity index (χ0n) is 18.7. The number of hydrogen-bond donors (Lipinski definition) is 2. The molecule has 2 amide bonds. The molecule has 0 atom stereocenters. The molecular weight excluding hydrogens is 556 g/mol. The molecule has 0 saturated heterocycles. The Morgan fingerprint density at radius 2 is 0.971 bits per heavy atom. The summed E-state index contributed by atoms with van der Waals surface area (Å²) in [4.78, 5) is 25.3. The summed E-state index contributed by atoms with van der Waals surface area (Å²) in [5.41, 5.74) is 6.68. The van der Waals surface area contributed by atoms with Gasteiger partial charge >= 0.3 is 0 Å². The van der Waals surface area contributed by atoms with E-state index in [-0.39, 0.29) is 11.8 Å². The molecular formula is C28H22Br2N2O2. The molecule has 0 heterocycles. The van der Waals surface area contributed by atoms with Crippen LogP contribution < -0.4 is 10.6 Å². The van der Waals surface area contributed by atoms with E-state index >= 15 is 0 Å². The van der Waals surface area contributed by atoms with Gasteiger partial charge in [-0.15, -0.1) is 0 Å². The van der Waals surface area contributed by atoms with Gasteiger partial charge in [-0.2, -0.15) is 0 Å². The lowest BCUT2D eigenvalue weighted by atomic mass is 9.99. The molecule has 0 spiro atoms. The second-order valence-corrected chi connectivity index (χ2v) is 9.64. The lowest BCUT2D eigenvalue weighted by Gasteiger charge is -2.13. The van der Waals surface area contributed by atoms with Gasteiger partial charge in [-0.25, -0.2) is 0 Å². The van der Waals surface area contributed by atoms with E-state index in [2.05, 4.69) is 42.5 Å². The largest absolute Gasteiger partial charge is 0.322 e. The van der Waals surface area contributed by atoms with Gasteiger partial charge in [0.25, 0.3) is 11.8 Å². The van der Waals surface area contributed by atoms with E-state index in [1.807, 2.05) is 86.6 Å². The molecule has 6 heteroatoms. The smallest absolute Gasteiger partial charge is 0.256 e. The normalized spacial score (nSPS) is 10.6. The molecule has 4 nitrogen and oxygen atoms in total. The van der Waals surface area contributed by atoms with Crippen molar-refractivity contribution in [3.63, 3.8) is 0 Å². The molecule has 2 N–H and O–H groups in total. The van der Waals surface area contributed by atoms with Crippen LogP contribution in [0.3, 0.4) is 0 Å². The quantitative estimate of drug-likeness (QED) is 0.252. The first-order valence-corrected chi connectivity index (χ1v) is 12.3. The van der Waals surface area contributed by atoms with Crippen molar-refractivity contribution in [1.29, 1.82) is 0 Å². The molecule has 0 aliphatic heterocycles. The van der Waals surface area contributed by atoms with Crippen LogP contribution in [0.4, 0.5) is 11.4 Å². The zero-order chi connectivity index (χ0) is 24.2. The van der Waals surface area contributed by atoms with Crippen molar-refractivity contribution in [3.05, 3.63) is 116 Å². The van der Waals surface area contributed by atoms with E-state index in [1.54, 1.807) is 12.1 Å². The van der Waals surface area contributed by atoms with Gasteiger partial charge < -0.3 is 10.6 Å². The van der Waals surface area contributed by atoms with Crippen LogP contribution in [-0.4, -0.2) is 11.8 Å². The summed E-state index contributed by atoms with van der Waals surface area (Å²) in [6.45, 7) is 3.94. The minimum Gasteiger partial charge on any atom is -0.322 e. The van der Waals surface area contributed by atoms with Crippen molar-refractivity contribution in [3.8, 4) is 11.1 Å². The van der Waals surface area contributed by atoms with E-state index in [4.69, 9.17) is 0 Å². The van der Waals surface area contributed by atoms with Crippen LogP contribution in [0.5, 0.6) is 0 Å². The first-order valence-electron chi connectivity index (χ1n) is 10.7. The van der Waals surface area contributed by atoms with Gasteiger partial charge in [0.05, 0.1) is 11.1 Å². The van der Waals surface area contributed by atoms with Crippen LogP contribution in [-0.2, 0) is 0 Å². The van der Waals surface area contributed by atoms with Gasteiger partial charge in [0.1, 0.15) is 0 Å². The topological polar surface area (TPSA) is 58.2 Å². The third kappa shape index (κ3) is 5.29. The number of benzene rings is 4. The Hall–Kier alpha value is -3.22. The number of aryl methyl sites for hydroxylation is 2. The van der Waals surface area contributed by atoms with Crippen LogP contribution in [0.25, 0.3) is 11.1 Å². The van der Waals surface area contributed by atoms with Crippen molar-refractivity contribution in [1.82, 2.24) is 0 Å². The third-order valence-corrected chi connectivity index (χ3v) is 6.90. The maximum Gasteiger partial charge on any atom is 0.256 e. The van der Waals surface area contributed by atoms with Crippen molar-refractivity contribution < 1.29 is 9.59 Å². The highest BCUT2D eigenvalue weighted by atomic mass is 79.9. The molecule has 4 rings (SSSR count). The SMILES string of the molecule is Cc1cc(-c2ccc(NC(=O)c3ccccc3Br)c(C)c2)ccc1NC(=O)c1ccccc1Br. The highest BCUT2D eigenvalue weighted by Gasteiger charge is 2.13. The average Bonchev–Trinajstić information content (AvgIpc) is 2.82. The number of carbonyl (C=O) groups is 2. The highest BCUT2D eigenvalue weighted by molar-refractivity contribution is 9.10. The third-order valence-electron chi connectivity index (χ3n) is 5.52. The lowest BCUT2D eigenvalue weighted by molar-refractivity contribution is 0.101. The number of anilines is 2. The maximum atomic E-state index is 12.7. The summed E-state index contributed by atoms with van der Waals surface area (Å²) in [5, 5.41) is 5.98. The van der Waals surface area contributed by atoms with Gasteiger partial charge in [-0.3, -0.25) is 9.59 Å². The standard InChI is InChI=1S/C28H22Br2N2O2/c1-17-15-19(11-13-25(17)31-27(33)21-7-3-5-9-23(21)29)20-12-14-26(18(2)16-20)32-28(34)22-8-4-6-10-24(22)30/h3-16H,1-2H3,(H,31,33)(H,32,34). The van der Waals surface area contributed by atoms with Crippen molar-refractivity contribution >= 4 is 55.0 Å². The molecule has 0 aliphatic rings. The number of halogens is 2. The number of nitrogens with one attached hydrogen (secondary N) is 2. The molecule has 4 aromatic carbocycles. The van der Waals surface area contributed by atoms with Crippen LogP contribution in [0, 0.1) is 13.8 Å². The Kier molecular flexibility index (Phi) is 7.29. The lowest BCUT2D eigenvalue weighted by Crippen LogP contribution is -2.13. The number of hydrogen-bond acceptors (Lipinski definition) is 2. The van der Waals surface area contributed by atoms with Crippen LogP contribution in [0.2, 0.25) is 0 Å². The van der Waals surface area contributed by atoms with E-state index in [0.717, 1.165) is 42.6 Å². The Bertz CT molecular complexity index is 1290. The van der Waals surface area contributed by atoms with E-state index < -0.39 is 0 Å². The summed E-state index contributed by atoms with van der Waals surface area (Å²) in [6, 6.07) is 26.6. The molecule has 170 valence electrons. The summed E-state index contributed by atoms with van der Waals surface area (Å²) < 4.78 is 1.51. The molecule has 0 aromatic heterocycles. The fourth-order valence-electron chi connectivity index (χ4n) is 3.64. The molecule has 4 aromatic rings. The first kappa shape index (κ1) is 23.9. The van der Waals surface area contributed by atoms with Crippen LogP contribution in [0.1, 0.15) is 31.8 Å². The fourth-order valence-corrected chi connectivity index (χ4v) is 4.57. The number of amides is 2. The van der Waals surface area contributed by atoms with Gasteiger partial charge in [-0.05, 0) is 116 Å². The summed E-state index contributed by atoms with van der Waals surface area (Å²) in [7, 11) is 0. The first-order chi connectivity index (χ1) is 16.3. The molecule has 0 radical (unpaired) electrons. The molecule has 34 heavy (non-hydrogen) atoms. The summed E-state index contributed by atoms with van der Waals surface area (Å²) in [5.74, 6) is -0.325. The Morgan fingerprint density at radius 3 is 1.32 bits per heavy atom. The van der Waals surface area contributed by atoms with Crippen molar-refractivity contribution in [2.45, 2.75) is 13.8 Å². The molecule has 0 bridgehead atoms. The van der Waals surface area contributed by atoms with Crippen molar-refractivity contribution in [2.24, 2.45) is 0 Å². The zero-order valence-corrected chi connectivity index (χ0v) is 21.8. The minimum atomic E-state index is -0.163. The minimum absolute atomic E-state index is 0.163. The van der Waals surface area contributed by atoms with E-state index in [0.29, 0.717) is 11.1 Å². The predicted octanol–water partition coefficient (Wildman–Crippen LogP) is 8.00. The number of carbonyl (C=O) groups excluding carboxylic acids is 2. The Labute approximate surface area is 215 Å². The van der Waals surface area contributed by atoms with Gasteiger partial charge in [0, 0.05) is 20.3 Å². The summed E-state index contributed by atoms with van der Waals surface area (Å²) in [6.07, 6.45) is 0. The fraction of sp³-hybridized carbons (Fsp3) is 0.0714. The second kappa shape index (κ2) is 10.4. The summed E-state index contributed by atoms with van der Waals surface area (Å²) >= 11 is 6.85. The second-order valence-electron chi connectivity index (χ2n) is 7.93. The molecule has 0 saturated carbocycles. The van der Waals surface area contributed by atoms with Crippen LogP contribution >= 0.6 is 31.9 Å². The van der Waals surface area contributed by atoms with E-state index in [1.165, 1.54) is 0 Å². The highest BCUT2D eigenvalue weighted by Crippen LogP contribution is 2.29. The molecule has 0 fully saturated rings. The number of rotatable bonds is 5. The average molecular weight is 578 g/mol. The molecule has 0 aliphatic carbocycles. The predicted molar refractivity (Wildman–Crippen MR) is 146 cm³/mol. The van der Waals surface area contributed by atoms with Gasteiger partial charge in [0.15, 0.2) is 0 Å². The maximum absolute atomic E-state index is 12.7. The molecule has 0 unspecified atom stereocenters.